The van der Waals surface area contributed by atoms with Crippen LogP contribution in [0.4, 0.5) is 5.82 Å². The van der Waals surface area contributed by atoms with Crippen molar-refractivity contribution in [2.75, 3.05) is 32.1 Å². The minimum atomic E-state index is -0.229. The molecule has 1 aromatic rings. The van der Waals surface area contributed by atoms with E-state index in [-0.39, 0.29) is 17.9 Å². The van der Waals surface area contributed by atoms with E-state index in [9.17, 15) is 9.90 Å². The number of nitrogens with one attached hydrogen (secondary N) is 1. The van der Waals surface area contributed by atoms with Crippen LogP contribution in [0.25, 0.3) is 0 Å². The number of amides is 1. The van der Waals surface area contributed by atoms with Crippen LogP contribution in [0.15, 0.2) is 18.3 Å². The predicted molar refractivity (Wildman–Crippen MR) is 81.0 cm³/mol. The number of hydrogen-bond acceptors (Lipinski definition) is 4. The lowest BCUT2D eigenvalue weighted by Gasteiger charge is -2.29. The third kappa shape index (κ3) is 3.93. The van der Waals surface area contributed by atoms with Gasteiger partial charge in [0.15, 0.2) is 0 Å². The lowest BCUT2D eigenvalue weighted by Crippen LogP contribution is -2.39. The molecule has 112 valence electrons. The number of aliphatic hydroxyl groups is 1. The topological polar surface area (TPSA) is 65.5 Å². The molecule has 0 aliphatic carbocycles. The van der Waals surface area contributed by atoms with Gasteiger partial charge in [-0.1, -0.05) is 13.8 Å². The molecule has 0 bridgehead atoms. The Balaban J connectivity index is 2.74. The van der Waals surface area contributed by atoms with Crippen LogP contribution in [0.5, 0.6) is 0 Å². The van der Waals surface area contributed by atoms with Crippen LogP contribution in [0.3, 0.4) is 0 Å². The van der Waals surface area contributed by atoms with Gasteiger partial charge in [-0.05, 0) is 25.0 Å². The summed E-state index contributed by atoms with van der Waals surface area (Å²) in [6, 6.07) is 3.45. The molecule has 1 amide bonds. The first-order valence-electron chi connectivity index (χ1n) is 7.00. The smallest absolute Gasteiger partial charge is 0.251 e. The summed E-state index contributed by atoms with van der Waals surface area (Å²) < 4.78 is 0. The van der Waals surface area contributed by atoms with E-state index in [1.54, 1.807) is 18.3 Å². The highest BCUT2D eigenvalue weighted by Gasteiger charge is 2.26. The maximum atomic E-state index is 12.2. The standard InChI is InChI=1S/C15H25N3O2/c1-5-15(6-2,11-19)10-17-14(20)12-7-8-16-13(9-12)18(3)4/h7-9,19H,5-6,10-11H2,1-4H3,(H,17,20). The average molecular weight is 279 g/mol. The minimum Gasteiger partial charge on any atom is -0.396 e. The first-order valence-corrected chi connectivity index (χ1v) is 7.00. The molecule has 0 radical (unpaired) electrons. The third-order valence-electron chi connectivity index (χ3n) is 3.93. The fraction of sp³-hybridized carbons (Fsp3) is 0.600. The van der Waals surface area contributed by atoms with Crippen molar-refractivity contribution in [3.05, 3.63) is 23.9 Å². The molecule has 0 saturated heterocycles. The summed E-state index contributed by atoms with van der Waals surface area (Å²) >= 11 is 0. The van der Waals surface area contributed by atoms with E-state index < -0.39 is 0 Å². The highest BCUT2D eigenvalue weighted by atomic mass is 16.3. The average Bonchev–Trinajstić information content (AvgIpc) is 2.49. The summed E-state index contributed by atoms with van der Waals surface area (Å²) in [6.45, 7) is 4.62. The van der Waals surface area contributed by atoms with Crippen molar-refractivity contribution in [3.63, 3.8) is 0 Å². The van der Waals surface area contributed by atoms with Gasteiger partial charge < -0.3 is 15.3 Å². The Morgan fingerprint density at radius 2 is 2.05 bits per heavy atom. The van der Waals surface area contributed by atoms with Gasteiger partial charge >= 0.3 is 0 Å². The van der Waals surface area contributed by atoms with E-state index in [4.69, 9.17) is 0 Å². The zero-order chi connectivity index (χ0) is 15.2. The summed E-state index contributed by atoms with van der Waals surface area (Å²) in [4.78, 5) is 18.2. The molecule has 1 aromatic heterocycles. The Morgan fingerprint density at radius 1 is 1.40 bits per heavy atom. The quantitative estimate of drug-likeness (QED) is 0.797. The fourth-order valence-electron chi connectivity index (χ4n) is 1.95. The lowest BCUT2D eigenvalue weighted by atomic mass is 9.83. The summed E-state index contributed by atoms with van der Waals surface area (Å²) in [5.41, 5.74) is 0.357. The van der Waals surface area contributed by atoms with Crippen LogP contribution >= 0.6 is 0 Å². The number of nitrogens with zero attached hydrogens (tertiary/aromatic N) is 2. The Hall–Kier alpha value is -1.62. The van der Waals surface area contributed by atoms with Gasteiger partial charge in [-0.25, -0.2) is 4.98 Å². The van der Waals surface area contributed by atoms with E-state index in [1.165, 1.54) is 0 Å². The molecule has 0 aromatic carbocycles. The normalized spacial score (nSPS) is 11.2. The van der Waals surface area contributed by atoms with Gasteiger partial charge in [0, 0.05) is 37.8 Å². The third-order valence-corrected chi connectivity index (χ3v) is 3.93. The van der Waals surface area contributed by atoms with Crippen molar-refractivity contribution >= 4 is 11.7 Å². The number of rotatable bonds is 7. The zero-order valence-corrected chi connectivity index (χ0v) is 12.8. The molecule has 0 spiro atoms. The van der Waals surface area contributed by atoms with Crippen LogP contribution in [0.2, 0.25) is 0 Å². The van der Waals surface area contributed by atoms with Gasteiger partial charge in [0.05, 0.1) is 6.61 Å². The molecular formula is C15H25N3O2. The predicted octanol–water partition coefficient (Wildman–Crippen LogP) is 1.68. The molecule has 0 aliphatic heterocycles. The Morgan fingerprint density at radius 3 is 2.55 bits per heavy atom. The van der Waals surface area contributed by atoms with E-state index in [1.807, 2.05) is 32.8 Å². The molecule has 0 aliphatic rings. The van der Waals surface area contributed by atoms with Crippen molar-refractivity contribution in [1.29, 1.82) is 0 Å². The van der Waals surface area contributed by atoms with E-state index in [0.717, 1.165) is 18.7 Å². The lowest BCUT2D eigenvalue weighted by molar-refractivity contribution is 0.0851. The Bertz CT molecular complexity index is 434. The van der Waals surface area contributed by atoms with Crippen LogP contribution < -0.4 is 10.2 Å². The van der Waals surface area contributed by atoms with Crippen molar-refractivity contribution in [2.45, 2.75) is 26.7 Å². The van der Waals surface area contributed by atoms with E-state index in [0.29, 0.717) is 12.1 Å². The second-order valence-electron chi connectivity index (χ2n) is 5.35. The van der Waals surface area contributed by atoms with Crippen molar-refractivity contribution < 1.29 is 9.90 Å². The molecular weight excluding hydrogens is 254 g/mol. The van der Waals surface area contributed by atoms with Crippen molar-refractivity contribution in [1.82, 2.24) is 10.3 Å². The van der Waals surface area contributed by atoms with Gasteiger partial charge in [-0.15, -0.1) is 0 Å². The number of aliphatic hydroxyl groups excluding tert-OH is 1. The van der Waals surface area contributed by atoms with Crippen LogP contribution in [0, 0.1) is 5.41 Å². The highest BCUT2D eigenvalue weighted by molar-refractivity contribution is 5.94. The molecule has 5 nitrogen and oxygen atoms in total. The first-order chi connectivity index (χ1) is 9.48. The van der Waals surface area contributed by atoms with Gasteiger partial charge in [0.25, 0.3) is 5.91 Å². The Kier molecular flexibility index (Phi) is 5.95. The van der Waals surface area contributed by atoms with Crippen molar-refractivity contribution in [2.24, 2.45) is 5.41 Å². The van der Waals surface area contributed by atoms with Crippen LogP contribution in [0.1, 0.15) is 37.0 Å². The molecule has 20 heavy (non-hydrogen) atoms. The summed E-state index contributed by atoms with van der Waals surface area (Å²) in [5, 5.41) is 12.4. The number of hydrogen-bond donors (Lipinski definition) is 2. The zero-order valence-electron chi connectivity index (χ0n) is 12.8. The van der Waals surface area contributed by atoms with E-state index >= 15 is 0 Å². The van der Waals surface area contributed by atoms with Gasteiger partial charge in [0.1, 0.15) is 5.82 Å². The Labute approximate surface area is 121 Å². The number of anilines is 1. The second kappa shape index (κ2) is 7.24. The monoisotopic (exact) mass is 279 g/mol. The highest BCUT2D eigenvalue weighted by Crippen LogP contribution is 2.24. The summed E-state index contributed by atoms with van der Waals surface area (Å²) in [5.74, 6) is 0.618. The number of carbonyl (C=O) groups excluding carboxylic acids is 1. The van der Waals surface area contributed by atoms with Crippen LogP contribution in [-0.4, -0.2) is 43.2 Å². The maximum absolute atomic E-state index is 12.2. The molecule has 0 unspecified atom stereocenters. The first kappa shape index (κ1) is 16.4. The SMILES string of the molecule is CCC(CC)(CO)CNC(=O)c1ccnc(N(C)C)c1. The molecule has 5 heteroatoms. The number of aromatic nitrogens is 1. The largest absolute Gasteiger partial charge is 0.396 e. The fourth-order valence-corrected chi connectivity index (χ4v) is 1.95. The maximum Gasteiger partial charge on any atom is 0.251 e. The molecule has 0 saturated carbocycles. The second-order valence-corrected chi connectivity index (χ2v) is 5.35. The van der Waals surface area contributed by atoms with Crippen molar-refractivity contribution in [3.8, 4) is 0 Å². The number of carbonyl (C=O) groups is 1. The van der Waals surface area contributed by atoms with Gasteiger partial charge in [-0.3, -0.25) is 4.79 Å². The molecule has 0 atom stereocenters. The van der Waals surface area contributed by atoms with E-state index in [2.05, 4.69) is 10.3 Å². The van der Waals surface area contributed by atoms with Gasteiger partial charge in [-0.2, -0.15) is 0 Å². The molecule has 1 heterocycles. The summed E-state index contributed by atoms with van der Waals surface area (Å²) in [7, 11) is 3.77. The summed E-state index contributed by atoms with van der Waals surface area (Å²) in [6.07, 6.45) is 3.29. The van der Waals surface area contributed by atoms with Gasteiger partial charge in [0.2, 0.25) is 0 Å². The molecule has 0 fully saturated rings. The van der Waals surface area contributed by atoms with Crippen LogP contribution in [-0.2, 0) is 0 Å². The number of pyridine rings is 1. The molecule has 1 rings (SSSR count). The minimum absolute atomic E-state index is 0.0829. The molecule has 2 N–H and O–H groups in total.